The van der Waals surface area contributed by atoms with Gasteiger partial charge in [0.1, 0.15) is 22.2 Å². The van der Waals surface area contributed by atoms with Crippen molar-refractivity contribution < 1.29 is 14.3 Å². The van der Waals surface area contributed by atoms with Crippen LogP contribution in [0.3, 0.4) is 0 Å². The largest absolute Gasteiger partial charge is 0.486 e. The first kappa shape index (κ1) is 16.5. The summed E-state index contributed by atoms with van der Waals surface area (Å²) in [7, 11) is 1.60. The summed E-state index contributed by atoms with van der Waals surface area (Å²) in [5, 5.41) is 3.59. The molecular formula is C16H20N2O3S. The second kappa shape index (κ2) is 7.91. The van der Waals surface area contributed by atoms with E-state index in [1.165, 1.54) is 11.3 Å². The first-order chi connectivity index (χ1) is 10.6. The van der Waals surface area contributed by atoms with E-state index in [1.54, 1.807) is 7.11 Å². The van der Waals surface area contributed by atoms with Gasteiger partial charge in [-0.3, -0.25) is 4.79 Å². The van der Waals surface area contributed by atoms with Crippen LogP contribution in [-0.2, 0) is 11.3 Å². The highest BCUT2D eigenvalue weighted by atomic mass is 32.1. The molecule has 22 heavy (non-hydrogen) atoms. The summed E-state index contributed by atoms with van der Waals surface area (Å²) in [5.74, 6) is 0.688. The lowest BCUT2D eigenvalue weighted by molar-refractivity contribution is 0.0940. The second-order valence-corrected chi connectivity index (χ2v) is 5.96. The Labute approximate surface area is 134 Å². The molecule has 0 radical (unpaired) electrons. The average molecular weight is 320 g/mol. The summed E-state index contributed by atoms with van der Waals surface area (Å²) < 4.78 is 10.6. The van der Waals surface area contributed by atoms with Crippen LogP contribution in [0.4, 0.5) is 0 Å². The normalized spacial score (nSPS) is 10.5. The lowest BCUT2D eigenvalue weighted by Crippen LogP contribution is -2.26. The van der Waals surface area contributed by atoms with Crippen molar-refractivity contribution in [3.8, 4) is 5.75 Å². The Bertz CT molecular complexity index is 640. The van der Waals surface area contributed by atoms with Gasteiger partial charge in [-0.05, 0) is 31.5 Å². The van der Waals surface area contributed by atoms with Gasteiger partial charge in [0.2, 0.25) is 0 Å². The molecule has 0 unspecified atom stereocenters. The molecule has 1 heterocycles. The van der Waals surface area contributed by atoms with Crippen LogP contribution in [0.25, 0.3) is 0 Å². The number of carbonyl (C=O) groups excluding carboxylic acids is 1. The van der Waals surface area contributed by atoms with E-state index in [0.29, 0.717) is 24.6 Å². The first-order valence-electron chi connectivity index (χ1n) is 7.03. The van der Waals surface area contributed by atoms with E-state index in [2.05, 4.69) is 10.3 Å². The van der Waals surface area contributed by atoms with E-state index in [1.807, 2.05) is 38.1 Å². The summed E-state index contributed by atoms with van der Waals surface area (Å²) >= 11 is 1.36. The fourth-order valence-electron chi connectivity index (χ4n) is 1.92. The summed E-state index contributed by atoms with van der Waals surface area (Å²) in [5.41, 5.74) is 1.87. The molecule has 0 saturated carbocycles. The number of nitrogens with zero attached hydrogens (tertiary/aromatic N) is 1. The Balaban J connectivity index is 1.95. The van der Waals surface area contributed by atoms with Gasteiger partial charge in [0.05, 0.1) is 12.3 Å². The van der Waals surface area contributed by atoms with Crippen LogP contribution < -0.4 is 10.1 Å². The van der Waals surface area contributed by atoms with Crippen molar-refractivity contribution in [2.45, 2.75) is 20.5 Å². The smallest absolute Gasteiger partial charge is 0.263 e. The van der Waals surface area contributed by atoms with E-state index >= 15 is 0 Å². The highest BCUT2D eigenvalue weighted by molar-refractivity contribution is 7.13. The van der Waals surface area contributed by atoms with Crippen LogP contribution in [0.2, 0.25) is 0 Å². The van der Waals surface area contributed by atoms with Gasteiger partial charge in [-0.15, -0.1) is 11.3 Å². The van der Waals surface area contributed by atoms with E-state index < -0.39 is 0 Å². The fourth-order valence-corrected chi connectivity index (χ4v) is 2.82. The number of nitrogens with one attached hydrogen (secondary N) is 1. The van der Waals surface area contributed by atoms with Gasteiger partial charge in [-0.1, -0.05) is 12.1 Å². The lowest BCUT2D eigenvalue weighted by atomic mass is 10.2. The van der Waals surface area contributed by atoms with Gasteiger partial charge < -0.3 is 14.8 Å². The summed E-state index contributed by atoms with van der Waals surface area (Å²) in [6, 6.07) is 7.85. The minimum atomic E-state index is -0.117. The number of methoxy groups -OCH3 is 1. The maximum Gasteiger partial charge on any atom is 0.263 e. The monoisotopic (exact) mass is 320 g/mol. The Kier molecular flexibility index (Phi) is 5.91. The van der Waals surface area contributed by atoms with Crippen molar-refractivity contribution in [3.05, 3.63) is 45.4 Å². The average Bonchev–Trinajstić information content (AvgIpc) is 2.86. The van der Waals surface area contributed by atoms with Crippen LogP contribution in [0.1, 0.15) is 25.9 Å². The van der Waals surface area contributed by atoms with Gasteiger partial charge in [-0.25, -0.2) is 4.98 Å². The zero-order valence-corrected chi connectivity index (χ0v) is 13.8. The third-order valence-corrected chi connectivity index (χ3v) is 4.12. The molecule has 1 aromatic carbocycles. The number of hydrogen-bond donors (Lipinski definition) is 1. The van der Waals surface area contributed by atoms with Crippen molar-refractivity contribution in [1.29, 1.82) is 0 Å². The summed E-state index contributed by atoms with van der Waals surface area (Å²) in [6.45, 7) is 5.19. The molecule has 1 N–H and O–H groups in total. The highest BCUT2D eigenvalue weighted by Crippen LogP contribution is 2.20. The number of aromatic nitrogens is 1. The molecule has 0 atom stereocenters. The molecule has 0 aliphatic heterocycles. The van der Waals surface area contributed by atoms with Crippen molar-refractivity contribution in [2.24, 2.45) is 0 Å². The predicted octanol–water partition coefficient (Wildman–Crippen LogP) is 2.72. The maximum absolute atomic E-state index is 12.0. The third kappa shape index (κ3) is 4.54. The van der Waals surface area contributed by atoms with Crippen molar-refractivity contribution in [3.63, 3.8) is 0 Å². The number of aryl methyl sites for hydroxylation is 2. The predicted molar refractivity (Wildman–Crippen MR) is 86.6 cm³/mol. The molecule has 0 aliphatic rings. The number of rotatable bonds is 7. The van der Waals surface area contributed by atoms with Gasteiger partial charge in [0.15, 0.2) is 0 Å². The van der Waals surface area contributed by atoms with Gasteiger partial charge in [0.25, 0.3) is 5.91 Å². The number of hydrogen-bond acceptors (Lipinski definition) is 5. The summed E-state index contributed by atoms with van der Waals surface area (Å²) in [4.78, 5) is 17.1. The van der Waals surface area contributed by atoms with E-state index in [-0.39, 0.29) is 5.91 Å². The van der Waals surface area contributed by atoms with Crippen molar-refractivity contribution >= 4 is 17.2 Å². The van der Waals surface area contributed by atoms with Gasteiger partial charge in [-0.2, -0.15) is 0 Å². The molecule has 0 saturated heterocycles. The minimum absolute atomic E-state index is 0.117. The molecule has 6 heteroatoms. The highest BCUT2D eigenvalue weighted by Gasteiger charge is 2.15. The Morgan fingerprint density at radius 1 is 1.36 bits per heavy atom. The van der Waals surface area contributed by atoms with Crippen LogP contribution in [0.5, 0.6) is 5.75 Å². The van der Waals surface area contributed by atoms with E-state index in [9.17, 15) is 4.79 Å². The molecule has 2 aromatic rings. The SMILES string of the molecule is COCCNC(=O)c1sc(COc2cccc(C)c2)nc1C. The molecule has 0 spiro atoms. The topological polar surface area (TPSA) is 60.5 Å². The quantitative estimate of drug-likeness (QED) is 0.797. The first-order valence-corrected chi connectivity index (χ1v) is 7.84. The molecule has 2 rings (SSSR count). The number of carbonyl (C=O) groups is 1. The Hall–Kier alpha value is -1.92. The number of thiazole rings is 1. The van der Waals surface area contributed by atoms with Crippen LogP contribution >= 0.6 is 11.3 Å². The molecule has 118 valence electrons. The van der Waals surface area contributed by atoms with Gasteiger partial charge >= 0.3 is 0 Å². The zero-order valence-electron chi connectivity index (χ0n) is 13.0. The standard InChI is InChI=1S/C16H20N2O3S/c1-11-5-4-6-13(9-11)21-10-14-18-12(2)15(22-14)16(19)17-7-8-20-3/h4-6,9H,7-8,10H2,1-3H3,(H,17,19). The third-order valence-electron chi connectivity index (χ3n) is 2.99. The number of benzene rings is 1. The fraction of sp³-hybridized carbons (Fsp3) is 0.375. The van der Waals surface area contributed by atoms with Crippen LogP contribution in [-0.4, -0.2) is 31.2 Å². The molecular weight excluding hydrogens is 300 g/mol. The van der Waals surface area contributed by atoms with E-state index in [4.69, 9.17) is 9.47 Å². The molecule has 5 nitrogen and oxygen atoms in total. The Morgan fingerprint density at radius 2 is 2.18 bits per heavy atom. The number of ether oxygens (including phenoxy) is 2. The molecule has 0 fully saturated rings. The number of amides is 1. The summed E-state index contributed by atoms with van der Waals surface area (Å²) in [6.07, 6.45) is 0. The van der Waals surface area contributed by atoms with Crippen molar-refractivity contribution in [1.82, 2.24) is 10.3 Å². The molecule has 1 aromatic heterocycles. The molecule has 0 bridgehead atoms. The lowest BCUT2D eigenvalue weighted by Gasteiger charge is -2.04. The Morgan fingerprint density at radius 3 is 2.91 bits per heavy atom. The second-order valence-electron chi connectivity index (χ2n) is 4.88. The van der Waals surface area contributed by atoms with E-state index in [0.717, 1.165) is 22.0 Å². The molecule has 1 amide bonds. The van der Waals surface area contributed by atoms with Crippen LogP contribution in [0.15, 0.2) is 24.3 Å². The molecule has 0 aliphatic carbocycles. The van der Waals surface area contributed by atoms with Gasteiger partial charge in [0, 0.05) is 13.7 Å². The van der Waals surface area contributed by atoms with Crippen LogP contribution in [0, 0.1) is 13.8 Å². The zero-order chi connectivity index (χ0) is 15.9. The minimum Gasteiger partial charge on any atom is -0.486 e. The maximum atomic E-state index is 12.0. The van der Waals surface area contributed by atoms with Crippen molar-refractivity contribution in [2.75, 3.05) is 20.3 Å².